The van der Waals surface area contributed by atoms with Gasteiger partial charge in [-0.05, 0) is 0 Å². The first-order valence-corrected chi connectivity index (χ1v) is 6.14. The molecule has 0 saturated heterocycles. The van der Waals surface area contributed by atoms with Gasteiger partial charge in [-0.1, -0.05) is 23.1 Å². The third-order valence-electron chi connectivity index (χ3n) is 1.54. The lowest BCUT2D eigenvalue weighted by molar-refractivity contribution is -0.140. The molecule has 84 valence electrons. The lowest BCUT2D eigenvalue weighted by Crippen LogP contribution is -2.07. The van der Waals surface area contributed by atoms with Crippen molar-refractivity contribution >= 4 is 34.2 Å². The van der Waals surface area contributed by atoms with E-state index in [9.17, 15) is 4.79 Å². The van der Waals surface area contributed by atoms with Gasteiger partial charge in [0.25, 0.3) is 0 Å². The molecule has 7 heteroatoms. The van der Waals surface area contributed by atoms with Crippen molar-refractivity contribution in [2.45, 2.75) is 10.8 Å². The average Bonchev–Trinajstić information content (AvgIpc) is 2.66. The molecular weight excluding hydrogens is 234 g/mol. The molecule has 0 amide bonds. The highest BCUT2D eigenvalue weighted by Crippen LogP contribution is 2.27. The summed E-state index contributed by atoms with van der Waals surface area (Å²) in [7, 11) is 5.23. The number of ether oxygens (including phenoxy) is 1. The maximum absolute atomic E-state index is 10.8. The van der Waals surface area contributed by atoms with E-state index >= 15 is 0 Å². The number of rotatable bonds is 5. The highest BCUT2D eigenvalue weighted by atomic mass is 32.2. The van der Waals surface area contributed by atoms with Gasteiger partial charge in [0.15, 0.2) is 4.34 Å². The molecule has 1 rings (SSSR count). The second kappa shape index (κ2) is 5.92. The zero-order valence-electron chi connectivity index (χ0n) is 8.89. The first-order valence-electron chi connectivity index (χ1n) is 4.34. The predicted octanol–water partition coefficient (Wildman–Crippen LogP) is 1.26. The molecule has 1 aromatic heterocycles. The topological polar surface area (TPSA) is 55.3 Å². The van der Waals surface area contributed by atoms with Crippen molar-refractivity contribution in [2.24, 2.45) is 0 Å². The molecule has 0 spiro atoms. The quantitative estimate of drug-likeness (QED) is 0.577. The summed E-state index contributed by atoms with van der Waals surface area (Å²) in [6.45, 7) is 0. The van der Waals surface area contributed by atoms with Crippen molar-refractivity contribution < 1.29 is 9.53 Å². The lowest BCUT2D eigenvalue weighted by Gasteiger charge is -2.03. The van der Waals surface area contributed by atoms with Crippen LogP contribution in [0, 0.1) is 0 Å². The van der Waals surface area contributed by atoms with Gasteiger partial charge in [0, 0.05) is 19.8 Å². The van der Waals surface area contributed by atoms with Crippen molar-refractivity contribution in [3.05, 3.63) is 0 Å². The average molecular weight is 247 g/mol. The molecule has 1 aromatic rings. The Morgan fingerprint density at radius 2 is 2.27 bits per heavy atom. The van der Waals surface area contributed by atoms with Crippen LogP contribution in [0.25, 0.3) is 0 Å². The van der Waals surface area contributed by atoms with Gasteiger partial charge in [-0.25, -0.2) is 0 Å². The van der Waals surface area contributed by atoms with Crippen LogP contribution in [0.4, 0.5) is 5.13 Å². The molecule has 0 bridgehead atoms. The fourth-order valence-electron chi connectivity index (χ4n) is 0.765. The SMILES string of the molecule is COC(=O)CCSc1nnc(N(C)C)s1. The van der Waals surface area contributed by atoms with Crippen LogP contribution in [-0.4, -0.2) is 43.1 Å². The Morgan fingerprint density at radius 1 is 1.53 bits per heavy atom. The van der Waals surface area contributed by atoms with E-state index in [1.165, 1.54) is 30.2 Å². The molecule has 0 aliphatic carbocycles. The smallest absolute Gasteiger partial charge is 0.306 e. The molecule has 0 fully saturated rings. The second-order valence-electron chi connectivity index (χ2n) is 2.92. The Balaban J connectivity index is 2.34. The van der Waals surface area contributed by atoms with E-state index in [1.54, 1.807) is 0 Å². The Labute approximate surface area is 96.8 Å². The third-order valence-corrected chi connectivity index (χ3v) is 3.76. The molecule has 0 unspecified atom stereocenters. The largest absolute Gasteiger partial charge is 0.469 e. The number of hydrogen-bond donors (Lipinski definition) is 0. The molecule has 0 aromatic carbocycles. The molecule has 1 heterocycles. The van der Waals surface area contributed by atoms with Crippen molar-refractivity contribution in [2.75, 3.05) is 31.9 Å². The number of carbonyl (C=O) groups is 1. The molecule has 0 atom stereocenters. The number of aromatic nitrogens is 2. The summed E-state index contributed by atoms with van der Waals surface area (Å²) in [4.78, 5) is 12.7. The van der Waals surface area contributed by atoms with E-state index in [-0.39, 0.29) is 5.97 Å². The van der Waals surface area contributed by atoms with E-state index in [4.69, 9.17) is 0 Å². The second-order valence-corrected chi connectivity index (χ2v) is 5.22. The first-order chi connectivity index (χ1) is 7.13. The number of thioether (sulfide) groups is 1. The van der Waals surface area contributed by atoms with Gasteiger partial charge < -0.3 is 9.64 Å². The number of methoxy groups -OCH3 is 1. The minimum atomic E-state index is -0.195. The van der Waals surface area contributed by atoms with Gasteiger partial charge in [-0.2, -0.15) is 0 Å². The normalized spacial score (nSPS) is 10.1. The number of anilines is 1. The molecule has 0 radical (unpaired) electrons. The molecular formula is C8H13N3O2S2. The number of esters is 1. The summed E-state index contributed by atoms with van der Waals surface area (Å²) in [5.74, 6) is 0.481. The van der Waals surface area contributed by atoms with Crippen molar-refractivity contribution in [3.8, 4) is 0 Å². The zero-order chi connectivity index (χ0) is 11.3. The van der Waals surface area contributed by atoms with Crippen molar-refractivity contribution in [3.63, 3.8) is 0 Å². The Morgan fingerprint density at radius 3 is 2.80 bits per heavy atom. The minimum Gasteiger partial charge on any atom is -0.469 e. The number of nitrogens with zero attached hydrogens (tertiary/aromatic N) is 3. The summed E-state index contributed by atoms with van der Waals surface area (Å²) >= 11 is 3.03. The molecule has 0 aliphatic rings. The van der Waals surface area contributed by atoms with Gasteiger partial charge in [-0.3, -0.25) is 4.79 Å². The van der Waals surface area contributed by atoms with Crippen LogP contribution in [0.5, 0.6) is 0 Å². The highest BCUT2D eigenvalue weighted by molar-refractivity contribution is 8.01. The van der Waals surface area contributed by atoms with Crippen LogP contribution in [0.3, 0.4) is 0 Å². The number of carbonyl (C=O) groups excluding carboxylic acids is 1. The zero-order valence-corrected chi connectivity index (χ0v) is 10.5. The summed E-state index contributed by atoms with van der Waals surface area (Å²) in [5.41, 5.74) is 0. The van der Waals surface area contributed by atoms with Gasteiger partial charge in [0.1, 0.15) is 0 Å². The molecule has 0 N–H and O–H groups in total. The Bertz CT molecular complexity index is 327. The minimum absolute atomic E-state index is 0.195. The summed E-state index contributed by atoms with van der Waals surface area (Å²) in [6.07, 6.45) is 0.401. The highest BCUT2D eigenvalue weighted by Gasteiger charge is 2.07. The Hall–Kier alpha value is -0.820. The van der Waals surface area contributed by atoms with Crippen molar-refractivity contribution in [1.82, 2.24) is 10.2 Å². The maximum atomic E-state index is 10.8. The maximum Gasteiger partial charge on any atom is 0.306 e. The van der Waals surface area contributed by atoms with Gasteiger partial charge in [-0.15, -0.1) is 10.2 Å². The number of hydrogen-bond acceptors (Lipinski definition) is 7. The fraction of sp³-hybridized carbons (Fsp3) is 0.625. The van der Waals surface area contributed by atoms with Crippen LogP contribution in [-0.2, 0) is 9.53 Å². The summed E-state index contributed by atoms with van der Waals surface area (Å²) in [6, 6.07) is 0. The summed E-state index contributed by atoms with van der Waals surface area (Å²) in [5, 5.41) is 8.86. The molecule has 5 nitrogen and oxygen atoms in total. The van der Waals surface area contributed by atoms with Crippen LogP contribution in [0.1, 0.15) is 6.42 Å². The first kappa shape index (κ1) is 12.3. The van der Waals surface area contributed by atoms with Crippen LogP contribution in [0.2, 0.25) is 0 Å². The predicted molar refractivity (Wildman–Crippen MR) is 61.6 cm³/mol. The molecule has 15 heavy (non-hydrogen) atoms. The molecule has 0 saturated carbocycles. The van der Waals surface area contributed by atoms with E-state index < -0.39 is 0 Å². The van der Waals surface area contributed by atoms with Gasteiger partial charge in [0.2, 0.25) is 5.13 Å². The van der Waals surface area contributed by atoms with E-state index in [2.05, 4.69) is 14.9 Å². The fourth-order valence-corrected chi connectivity index (χ4v) is 2.52. The van der Waals surface area contributed by atoms with Gasteiger partial charge >= 0.3 is 5.97 Å². The van der Waals surface area contributed by atoms with Gasteiger partial charge in [0.05, 0.1) is 13.5 Å². The Kier molecular flexibility index (Phi) is 4.83. The van der Waals surface area contributed by atoms with Crippen LogP contribution >= 0.6 is 23.1 Å². The van der Waals surface area contributed by atoms with Crippen LogP contribution in [0.15, 0.2) is 4.34 Å². The standard InChI is InChI=1S/C8H13N3O2S2/c1-11(2)7-9-10-8(15-7)14-5-4-6(12)13-3/h4-5H2,1-3H3. The van der Waals surface area contributed by atoms with E-state index in [0.29, 0.717) is 12.2 Å². The summed E-state index contributed by atoms with van der Waals surface area (Å²) < 4.78 is 5.42. The van der Waals surface area contributed by atoms with Crippen LogP contribution < -0.4 is 4.90 Å². The third kappa shape index (κ3) is 4.05. The van der Waals surface area contributed by atoms with Crippen molar-refractivity contribution in [1.29, 1.82) is 0 Å². The lowest BCUT2D eigenvalue weighted by atomic mass is 10.5. The van der Waals surface area contributed by atoms with E-state index in [0.717, 1.165) is 9.47 Å². The van der Waals surface area contributed by atoms with E-state index in [1.807, 2.05) is 19.0 Å². The monoisotopic (exact) mass is 247 g/mol. The molecule has 0 aliphatic heterocycles.